The van der Waals surface area contributed by atoms with E-state index in [1.54, 1.807) is 6.92 Å². The minimum absolute atomic E-state index is 0.167. The Labute approximate surface area is 198 Å². The van der Waals surface area contributed by atoms with Gasteiger partial charge in [0.2, 0.25) is 0 Å². The molecule has 0 aromatic carbocycles. The van der Waals surface area contributed by atoms with Crippen molar-refractivity contribution in [3.63, 3.8) is 0 Å². The van der Waals surface area contributed by atoms with Crippen molar-refractivity contribution >= 4 is 11.9 Å². The van der Waals surface area contributed by atoms with E-state index in [0.717, 1.165) is 5.32 Å². The van der Waals surface area contributed by atoms with Gasteiger partial charge in [0.1, 0.15) is 6.04 Å². The van der Waals surface area contributed by atoms with Gasteiger partial charge in [-0.3, -0.25) is 4.79 Å². The predicted molar refractivity (Wildman–Crippen MR) is 93.0 cm³/mol. The molecule has 0 fully saturated rings. The number of esters is 1. The van der Waals surface area contributed by atoms with Crippen LogP contribution in [-0.4, -0.2) is 66.2 Å². The summed E-state index contributed by atoms with van der Waals surface area (Å²) in [5, 5.41) is 0.801. The molecule has 0 saturated heterocycles. The maximum Gasteiger partial charge on any atom is 0.460 e. The van der Waals surface area contributed by atoms with Gasteiger partial charge in [-0.2, -0.15) is 65.9 Å². The molecular formula is C18H20F15NO3. The van der Waals surface area contributed by atoms with E-state index in [1.165, 1.54) is 13.8 Å². The molecular weight excluding hydrogens is 563 g/mol. The summed E-state index contributed by atoms with van der Waals surface area (Å²) in [6.45, 7) is 3.72. The number of nitrogens with one attached hydrogen (secondary N) is 1. The number of carbonyl (C=O) groups excluding carboxylic acids is 2. The zero-order valence-corrected chi connectivity index (χ0v) is 18.9. The highest BCUT2D eigenvalue weighted by Gasteiger charge is 2.94. The summed E-state index contributed by atoms with van der Waals surface area (Å²) in [5.41, 5.74) is 0. The summed E-state index contributed by atoms with van der Waals surface area (Å²) in [7, 11) is 0. The molecule has 0 radical (unpaired) electrons. The van der Waals surface area contributed by atoms with Crippen molar-refractivity contribution in [2.45, 2.75) is 87.8 Å². The summed E-state index contributed by atoms with van der Waals surface area (Å²) in [5.74, 6) is -54.6. The fraction of sp³-hybridized carbons (Fsp3) is 0.889. The molecule has 0 aromatic rings. The smallest absolute Gasteiger partial charge is 0.460 e. The minimum atomic E-state index is -8.51. The Morgan fingerprint density at radius 2 is 1.11 bits per heavy atom. The summed E-state index contributed by atoms with van der Waals surface area (Å²) < 4.78 is 203. The van der Waals surface area contributed by atoms with Crippen molar-refractivity contribution in [3.8, 4) is 0 Å². The molecule has 0 rings (SSSR count). The first kappa shape index (κ1) is 34.9. The van der Waals surface area contributed by atoms with E-state index >= 15 is 0 Å². The van der Waals surface area contributed by atoms with Crippen LogP contribution >= 0.6 is 0 Å². The fourth-order valence-corrected chi connectivity index (χ4v) is 2.46. The molecule has 1 atom stereocenters. The van der Waals surface area contributed by atoms with Crippen LogP contribution in [0.15, 0.2) is 0 Å². The van der Waals surface area contributed by atoms with Crippen LogP contribution in [0, 0.1) is 5.92 Å². The van der Waals surface area contributed by atoms with Gasteiger partial charge in [0.25, 0.3) is 5.91 Å². The topological polar surface area (TPSA) is 55.4 Å². The maximum atomic E-state index is 14.0. The van der Waals surface area contributed by atoms with E-state index in [2.05, 4.69) is 4.74 Å². The van der Waals surface area contributed by atoms with Crippen LogP contribution in [-0.2, 0) is 14.3 Å². The van der Waals surface area contributed by atoms with Gasteiger partial charge in [0.15, 0.2) is 0 Å². The molecule has 220 valence electrons. The van der Waals surface area contributed by atoms with Crippen molar-refractivity contribution in [2.24, 2.45) is 5.92 Å². The number of halogens is 15. The highest BCUT2D eigenvalue weighted by Crippen LogP contribution is 2.62. The molecule has 0 saturated carbocycles. The number of ether oxygens (including phenoxy) is 1. The first-order valence-corrected chi connectivity index (χ1v) is 9.99. The van der Waals surface area contributed by atoms with Gasteiger partial charge in [-0.1, -0.05) is 27.2 Å². The van der Waals surface area contributed by atoms with Crippen LogP contribution in [0.5, 0.6) is 0 Å². The van der Waals surface area contributed by atoms with Crippen molar-refractivity contribution in [3.05, 3.63) is 0 Å². The third-order valence-electron chi connectivity index (χ3n) is 4.65. The van der Waals surface area contributed by atoms with Gasteiger partial charge in [-0.25, -0.2) is 4.79 Å². The van der Waals surface area contributed by atoms with E-state index in [9.17, 15) is 75.4 Å². The van der Waals surface area contributed by atoms with E-state index < -0.39 is 78.6 Å². The Hall–Kier alpha value is -2.11. The first-order chi connectivity index (χ1) is 16.2. The number of carbonyl (C=O) groups is 2. The van der Waals surface area contributed by atoms with Crippen molar-refractivity contribution in [2.75, 3.05) is 6.61 Å². The Bertz CT molecular complexity index is 809. The minimum Gasteiger partial charge on any atom is -0.464 e. The highest BCUT2D eigenvalue weighted by atomic mass is 19.4. The van der Waals surface area contributed by atoms with Crippen molar-refractivity contribution in [1.29, 1.82) is 0 Å². The molecule has 4 nitrogen and oxygen atoms in total. The van der Waals surface area contributed by atoms with Crippen LogP contribution in [0.1, 0.15) is 40.0 Å². The van der Waals surface area contributed by atoms with Crippen LogP contribution in [0.25, 0.3) is 0 Å². The molecule has 1 N–H and O–H groups in total. The largest absolute Gasteiger partial charge is 0.464 e. The maximum absolute atomic E-state index is 14.0. The molecule has 0 aliphatic rings. The SMILES string of the molecule is CCCCOC(=O)C(CC(C)C)NC(=O)C(F)(F)C(F)(F)C(F)(F)C(F)(F)C(F)(F)C(F)(F)C(F)(F)F. The van der Waals surface area contributed by atoms with Crippen LogP contribution < -0.4 is 5.32 Å². The molecule has 1 amide bonds. The fourth-order valence-electron chi connectivity index (χ4n) is 2.46. The van der Waals surface area contributed by atoms with Gasteiger partial charge in [0, 0.05) is 0 Å². The lowest BCUT2D eigenvalue weighted by Crippen LogP contribution is -2.74. The second-order valence-electron chi connectivity index (χ2n) is 8.12. The normalized spacial score (nSPS) is 15.5. The van der Waals surface area contributed by atoms with Crippen LogP contribution in [0.4, 0.5) is 65.9 Å². The number of alkyl halides is 15. The zero-order chi connectivity index (χ0) is 30.1. The average molecular weight is 583 g/mol. The van der Waals surface area contributed by atoms with E-state index in [0.29, 0.717) is 6.42 Å². The second kappa shape index (κ2) is 10.9. The number of rotatable bonds is 13. The summed E-state index contributed by atoms with van der Waals surface area (Å²) in [6, 6.07) is -2.30. The molecule has 1 unspecified atom stereocenters. The lowest BCUT2D eigenvalue weighted by Gasteiger charge is -2.41. The van der Waals surface area contributed by atoms with Crippen molar-refractivity contribution < 1.29 is 80.2 Å². The molecule has 0 heterocycles. The Balaban J connectivity index is 6.39. The Kier molecular flexibility index (Phi) is 10.3. The molecule has 0 aliphatic carbocycles. The van der Waals surface area contributed by atoms with Gasteiger partial charge < -0.3 is 10.1 Å². The number of amides is 1. The second-order valence-corrected chi connectivity index (χ2v) is 8.12. The molecule has 0 spiro atoms. The molecule has 37 heavy (non-hydrogen) atoms. The molecule has 0 bridgehead atoms. The van der Waals surface area contributed by atoms with Gasteiger partial charge in [0.05, 0.1) is 6.61 Å². The predicted octanol–water partition coefficient (Wildman–Crippen LogP) is 6.23. The number of hydrogen-bond donors (Lipinski definition) is 1. The monoisotopic (exact) mass is 583 g/mol. The lowest BCUT2D eigenvalue weighted by molar-refractivity contribution is -0.449. The Morgan fingerprint density at radius 3 is 1.49 bits per heavy atom. The summed E-state index contributed by atoms with van der Waals surface area (Å²) in [6.07, 6.45) is -7.85. The third kappa shape index (κ3) is 6.15. The van der Waals surface area contributed by atoms with Crippen LogP contribution in [0.3, 0.4) is 0 Å². The molecule has 0 aromatic heterocycles. The quantitative estimate of drug-likeness (QED) is 0.159. The first-order valence-electron chi connectivity index (χ1n) is 9.99. The van der Waals surface area contributed by atoms with Crippen molar-refractivity contribution in [1.82, 2.24) is 5.32 Å². The van der Waals surface area contributed by atoms with E-state index in [4.69, 9.17) is 0 Å². The molecule has 0 aliphatic heterocycles. The zero-order valence-electron chi connectivity index (χ0n) is 18.9. The number of hydrogen-bond acceptors (Lipinski definition) is 3. The molecule has 19 heteroatoms. The Morgan fingerprint density at radius 1 is 0.703 bits per heavy atom. The van der Waals surface area contributed by atoms with Gasteiger partial charge in [-0.15, -0.1) is 0 Å². The average Bonchev–Trinajstić information content (AvgIpc) is 2.71. The van der Waals surface area contributed by atoms with Gasteiger partial charge >= 0.3 is 47.7 Å². The summed E-state index contributed by atoms with van der Waals surface area (Å²) in [4.78, 5) is 23.6. The standard InChI is InChI=1S/C18H20F15NO3/c1-4-5-6-37-10(35)9(7-8(2)3)34-11(36)12(19,20)13(21,22)14(23,24)15(25,26)16(27,28)17(29,30)18(31,32)33/h8-9H,4-7H2,1-3H3,(H,34,36). The van der Waals surface area contributed by atoms with Crippen LogP contribution in [0.2, 0.25) is 0 Å². The third-order valence-corrected chi connectivity index (χ3v) is 4.65. The highest BCUT2D eigenvalue weighted by molar-refractivity contribution is 5.89. The van der Waals surface area contributed by atoms with E-state index in [-0.39, 0.29) is 6.42 Å². The van der Waals surface area contributed by atoms with Gasteiger partial charge in [-0.05, 0) is 18.8 Å². The lowest BCUT2D eigenvalue weighted by atomic mass is 9.90. The van der Waals surface area contributed by atoms with E-state index in [1.807, 2.05) is 0 Å². The summed E-state index contributed by atoms with van der Waals surface area (Å²) >= 11 is 0. The number of unbranched alkanes of at least 4 members (excludes halogenated alkanes) is 1.